The summed E-state index contributed by atoms with van der Waals surface area (Å²) in [7, 11) is 0.196. The molecule has 1 amide bonds. The van der Waals surface area contributed by atoms with Gasteiger partial charge in [-0.1, -0.05) is 96.8 Å². The van der Waals surface area contributed by atoms with Gasteiger partial charge in [-0.2, -0.15) is 0 Å². The SMILES string of the molecule is CCCCCCCCCCCC(=O)NCCCC[C@@H](C(=O)CCCCCCCCCC[N+](C)(C)CCCCS(=O)(=O)[O-])C(=O)OCC. The normalized spacial score (nSPS) is 12.6. The first-order valence-electron chi connectivity index (χ1n) is 19.1. The van der Waals surface area contributed by atoms with Crippen LogP contribution in [0.15, 0.2) is 0 Å². The Hall–Kier alpha value is -1.52. The second kappa shape index (κ2) is 29.4. The molecule has 10 heteroatoms. The maximum Gasteiger partial charge on any atom is 0.316 e. The quantitative estimate of drug-likeness (QED) is 0.0240. The lowest BCUT2D eigenvalue weighted by atomic mass is 9.93. The number of nitrogens with zero attached hydrogens (tertiary/aromatic N) is 1. The van der Waals surface area contributed by atoms with Crippen LogP contribution in [-0.4, -0.2) is 81.2 Å². The second-order valence-electron chi connectivity index (χ2n) is 14.1. The van der Waals surface area contributed by atoms with E-state index in [1.54, 1.807) is 6.92 Å². The number of ether oxygens (including phenoxy) is 1. The van der Waals surface area contributed by atoms with Crippen LogP contribution < -0.4 is 5.32 Å². The van der Waals surface area contributed by atoms with Crippen LogP contribution in [0.3, 0.4) is 0 Å². The van der Waals surface area contributed by atoms with E-state index in [9.17, 15) is 27.4 Å². The highest BCUT2D eigenvalue weighted by atomic mass is 32.2. The maximum absolute atomic E-state index is 12.9. The Labute approximate surface area is 289 Å². The summed E-state index contributed by atoms with van der Waals surface area (Å²) in [6, 6.07) is 0. The van der Waals surface area contributed by atoms with Gasteiger partial charge in [0.2, 0.25) is 5.91 Å². The molecule has 0 saturated carbocycles. The van der Waals surface area contributed by atoms with Gasteiger partial charge in [-0.3, -0.25) is 14.4 Å². The molecule has 0 aliphatic rings. The number of amides is 1. The molecular weight excluding hydrogens is 616 g/mol. The number of hydrogen-bond acceptors (Lipinski definition) is 7. The molecule has 0 spiro atoms. The molecule has 0 rings (SSSR count). The Bertz CT molecular complexity index is 908. The zero-order chi connectivity index (χ0) is 35.2. The van der Waals surface area contributed by atoms with Gasteiger partial charge < -0.3 is 19.1 Å². The predicted molar refractivity (Wildman–Crippen MR) is 191 cm³/mol. The number of Topliss-reactive ketones (excluding diaryl/α,β-unsaturated/α-hetero) is 1. The van der Waals surface area contributed by atoms with Crippen molar-refractivity contribution in [2.45, 2.75) is 168 Å². The van der Waals surface area contributed by atoms with E-state index in [1.165, 1.54) is 64.2 Å². The molecule has 0 saturated heterocycles. The highest BCUT2D eigenvalue weighted by Crippen LogP contribution is 2.18. The largest absolute Gasteiger partial charge is 0.748 e. The third-order valence-corrected chi connectivity index (χ3v) is 9.84. The molecule has 0 aliphatic heterocycles. The summed E-state index contributed by atoms with van der Waals surface area (Å²) in [4.78, 5) is 37.5. The minimum Gasteiger partial charge on any atom is -0.748 e. The van der Waals surface area contributed by atoms with Crippen LogP contribution in [0.1, 0.15) is 168 Å². The summed E-state index contributed by atoms with van der Waals surface area (Å²) in [5.74, 6) is -1.31. The average Bonchev–Trinajstić information content (AvgIpc) is 3.00. The van der Waals surface area contributed by atoms with Crippen molar-refractivity contribution >= 4 is 27.8 Å². The van der Waals surface area contributed by atoms with Crippen LogP contribution in [0.25, 0.3) is 0 Å². The second-order valence-corrected chi connectivity index (χ2v) is 15.6. The van der Waals surface area contributed by atoms with Crippen molar-refractivity contribution in [1.29, 1.82) is 0 Å². The molecule has 0 heterocycles. The van der Waals surface area contributed by atoms with Crippen molar-refractivity contribution in [3.05, 3.63) is 0 Å². The van der Waals surface area contributed by atoms with E-state index in [2.05, 4.69) is 26.3 Å². The summed E-state index contributed by atoms with van der Waals surface area (Å²) in [5, 5.41) is 2.99. The zero-order valence-corrected chi connectivity index (χ0v) is 31.6. The van der Waals surface area contributed by atoms with E-state index < -0.39 is 22.0 Å². The molecule has 1 N–H and O–H groups in total. The van der Waals surface area contributed by atoms with Gasteiger partial charge in [-0.15, -0.1) is 0 Å². The first-order chi connectivity index (χ1) is 22.4. The molecule has 1 atom stereocenters. The Kier molecular flexibility index (Phi) is 28.5. The van der Waals surface area contributed by atoms with E-state index in [0.717, 1.165) is 75.4 Å². The lowest BCUT2D eigenvalue weighted by Gasteiger charge is -2.30. The van der Waals surface area contributed by atoms with Crippen LogP contribution in [0.2, 0.25) is 0 Å². The molecular formula is C37H72N2O7S. The monoisotopic (exact) mass is 689 g/mol. The number of carbonyl (C=O) groups excluding carboxylic acids is 3. The minimum atomic E-state index is -4.11. The van der Waals surface area contributed by atoms with Crippen LogP contribution in [0.4, 0.5) is 0 Å². The number of unbranched alkanes of at least 4 members (excludes halogenated alkanes) is 17. The minimum absolute atomic E-state index is 0.0201. The number of nitrogens with one attached hydrogen (secondary N) is 1. The summed E-state index contributed by atoms with van der Waals surface area (Å²) >= 11 is 0. The standard InChI is InChI=1S/C37H72N2O7S/c1-5-7-8-9-10-11-15-18-21-29-36(41)38-30-23-22-27-34(37(42)46-6-2)35(40)28-20-17-14-12-13-16-19-24-31-39(3,4)32-25-26-33-47(43,44)45/h34H,5-33H2,1-4H3,(H-,38,41,43,44,45)/t34-/m0/s1. The molecule has 0 bridgehead atoms. The van der Waals surface area contributed by atoms with E-state index in [-0.39, 0.29) is 24.1 Å². The van der Waals surface area contributed by atoms with Gasteiger partial charge >= 0.3 is 5.97 Å². The number of ketones is 1. The third kappa shape index (κ3) is 30.3. The molecule has 0 fully saturated rings. The molecule has 278 valence electrons. The van der Waals surface area contributed by atoms with Gasteiger partial charge in [0, 0.05) is 25.1 Å². The van der Waals surface area contributed by atoms with Crippen LogP contribution in [0, 0.1) is 5.92 Å². The molecule has 0 radical (unpaired) electrons. The zero-order valence-electron chi connectivity index (χ0n) is 30.8. The first kappa shape index (κ1) is 45.5. The maximum atomic E-state index is 12.9. The molecule has 0 aromatic carbocycles. The van der Waals surface area contributed by atoms with E-state index >= 15 is 0 Å². The van der Waals surface area contributed by atoms with Gasteiger partial charge in [0.05, 0.1) is 43.9 Å². The van der Waals surface area contributed by atoms with Gasteiger partial charge in [0.15, 0.2) is 0 Å². The Morgan fingerprint density at radius 3 is 1.68 bits per heavy atom. The summed E-state index contributed by atoms with van der Waals surface area (Å²) in [5.41, 5.74) is 0. The van der Waals surface area contributed by atoms with Crippen LogP contribution in [0.5, 0.6) is 0 Å². The van der Waals surface area contributed by atoms with Crippen molar-refractivity contribution < 1.29 is 36.6 Å². The fourth-order valence-electron chi connectivity index (χ4n) is 6.04. The molecule has 0 aliphatic carbocycles. The summed E-state index contributed by atoms with van der Waals surface area (Å²) < 4.78 is 38.3. The van der Waals surface area contributed by atoms with Crippen LogP contribution in [-0.2, 0) is 29.2 Å². The number of hydrogen-bond donors (Lipinski definition) is 1. The Balaban J connectivity index is 3.98. The predicted octanol–water partition coefficient (Wildman–Crippen LogP) is 7.85. The first-order valence-corrected chi connectivity index (χ1v) is 20.7. The summed E-state index contributed by atoms with van der Waals surface area (Å²) in [6.45, 7) is 6.76. The van der Waals surface area contributed by atoms with Gasteiger partial charge in [0.1, 0.15) is 11.7 Å². The number of quaternary nitrogens is 1. The van der Waals surface area contributed by atoms with E-state index in [4.69, 9.17) is 4.74 Å². The highest BCUT2D eigenvalue weighted by molar-refractivity contribution is 7.85. The van der Waals surface area contributed by atoms with E-state index in [0.29, 0.717) is 38.6 Å². The van der Waals surface area contributed by atoms with E-state index in [1.807, 2.05) is 0 Å². The number of rotatable bonds is 34. The van der Waals surface area contributed by atoms with Gasteiger partial charge in [-0.25, -0.2) is 8.42 Å². The van der Waals surface area contributed by atoms with Crippen molar-refractivity contribution in [2.75, 3.05) is 46.1 Å². The summed E-state index contributed by atoms with van der Waals surface area (Å²) in [6.07, 6.45) is 23.8. The van der Waals surface area contributed by atoms with Crippen LogP contribution >= 0.6 is 0 Å². The molecule has 0 aromatic rings. The fraction of sp³-hybridized carbons (Fsp3) is 0.919. The van der Waals surface area contributed by atoms with Crippen molar-refractivity contribution in [1.82, 2.24) is 5.32 Å². The molecule has 9 nitrogen and oxygen atoms in total. The lowest BCUT2D eigenvalue weighted by molar-refractivity contribution is -0.890. The smallest absolute Gasteiger partial charge is 0.316 e. The van der Waals surface area contributed by atoms with Crippen molar-refractivity contribution in [3.63, 3.8) is 0 Å². The fourth-order valence-corrected chi connectivity index (χ4v) is 6.60. The van der Waals surface area contributed by atoms with Crippen molar-refractivity contribution in [2.24, 2.45) is 5.92 Å². The van der Waals surface area contributed by atoms with Gasteiger partial charge in [-0.05, 0) is 58.3 Å². The molecule has 0 unspecified atom stereocenters. The number of esters is 1. The third-order valence-electron chi connectivity index (χ3n) is 9.05. The average molecular weight is 689 g/mol. The topological polar surface area (TPSA) is 130 Å². The lowest BCUT2D eigenvalue weighted by Crippen LogP contribution is -2.41. The van der Waals surface area contributed by atoms with Gasteiger partial charge in [0.25, 0.3) is 0 Å². The highest BCUT2D eigenvalue weighted by Gasteiger charge is 2.26. The number of carbonyl (C=O) groups is 3. The van der Waals surface area contributed by atoms with Crippen molar-refractivity contribution in [3.8, 4) is 0 Å². The Morgan fingerprint density at radius 2 is 1.15 bits per heavy atom. The molecule has 47 heavy (non-hydrogen) atoms. The molecule has 0 aromatic heterocycles. The Morgan fingerprint density at radius 1 is 0.660 bits per heavy atom.